The van der Waals surface area contributed by atoms with E-state index in [-0.39, 0.29) is 5.75 Å². The lowest BCUT2D eigenvalue weighted by Crippen LogP contribution is -2.32. The topological polar surface area (TPSA) is 32.3 Å². The Kier molecular flexibility index (Phi) is 3.01. The Labute approximate surface area is 107 Å². The molecule has 0 aromatic heterocycles. The van der Waals surface area contributed by atoms with Crippen molar-refractivity contribution >= 4 is 11.6 Å². The molecule has 2 aliphatic carbocycles. The molecule has 0 unspecified atom stereocenters. The summed E-state index contributed by atoms with van der Waals surface area (Å²) < 4.78 is 0. The molecule has 0 radical (unpaired) electrons. The monoisotopic (exact) mass is 251 g/mol. The van der Waals surface area contributed by atoms with Crippen LogP contribution in [0.3, 0.4) is 0 Å². The first-order valence-electron chi connectivity index (χ1n) is 6.45. The molecule has 92 valence electrons. The molecule has 0 bridgehead atoms. The second-order valence-electron chi connectivity index (χ2n) is 5.33. The summed E-state index contributed by atoms with van der Waals surface area (Å²) in [5, 5.41) is 13.9. The number of rotatable bonds is 5. The van der Waals surface area contributed by atoms with Gasteiger partial charge in [-0.1, -0.05) is 23.7 Å². The van der Waals surface area contributed by atoms with Crippen LogP contribution in [-0.4, -0.2) is 11.1 Å². The molecule has 17 heavy (non-hydrogen) atoms. The largest absolute Gasteiger partial charge is 0.506 e. The minimum atomic E-state index is 0.229. The maximum Gasteiger partial charge on any atom is 0.138 e. The predicted octanol–water partition coefficient (Wildman–Crippen LogP) is 3.32. The summed E-state index contributed by atoms with van der Waals surface area (Å²) in [6.07, 6.45) is 5.48. The molecule has 2 N–H and O–H groups in total. The molecular weight excluding hydrogens is 234 g/mol. The number of hydrogen-bond donors (Lipinski definition) is 2. The molecule has 0 spiro atoms. The summed E-state index contributed by atoms with van der Waals surface area (Å²) in [4.78, 5) is 0. The average Bonchev–Trinajstić information content (AvgIpc) is 3.14. The highest BCUT2D eigenvalue weighted by Crippen LogP contribution is 2.44. The zero-order chi connectivity index (χ0) is 11.8. The smallest absolute Gasteiger partial charge is 0.138 e. The van der Waals surface area contributed by atoms with Crippen molar-refractivity contribution in [2.45, 2.75) is 38.3 Å². The number of nitrogens with one attached hydrogen (secondary N) is 1. The zero-order valence-electron chi connectivity index (χ0n) is 9.82. The summed E-state index contributed by atoms with van der Waals surface area (Å²) in [7, 11) is 0. The van der Waals surface area contributed by atoms with Crippen molar-refractivity contribution in [2.75, 3.05) is 0 Å². The van der Waals surface area contributed by atoms with Crippen molar-refractivity contribution in [1.29, 1.82) is 0 Å². The third-order valence-corrected chi connectivity index (χ3v) is 4.16. The number of phenols is 1. The van der Waals surface area contributed by atoms with E-state index in [0.717, 1.165) is 23.9 Å². The predicted molar refractivity (Wildman–Crippen MR) is 69.2 cm³/mol. The van der Waals surface area contributed by atoms with Crippen LogP contribution in [0.1, 0.15) is 31.2 Å². The molecule has 0 saturated heterocycles. The van der Waals surface area contributed by atoms with Crippen LogP contribution in [0.4, 0.5) is 0 Å². The van der Waals surface area contributed by atoms with E-state index in [1.807, 2.05) is 12.1 Å². The van der Waals surface area contributed by atoms with Crippen molar-refractivity contribution in [2.24, 2.45) is 11.8 Å². The van der Waals surface area contributed by atoms with Crippen molar-refractivity contribution < 1.29 is 5.11 Å². The van der Waals surface area contributed by atoms with Gasteiger partial charge in [-0.25, -0.2) is 0 Å². The Morgan fingerprint density at radius 3 is 2.47 bits per heavy atom. The number of halogens is 1. The molecule has 2 saturated carbocycles. The van der Waals surface area contributed by atoms with E-state index in [1.54, 1.807) is 6.07 Å². The fourth-order valence-electron chi connectivity index (χ4n) is 2.56. The van der Waals surface area contributed by atoms with Gasteiger partial charge in [0.25, 0.3) is 0 Å². The Hall–Kier alpha value is -0.730. The number of benzene rings is 1. The lowest BCUT2D eigenvalue weighted by atomic mass is 10.1. The van der Waals surface area contributed by atoms with Crippen LogP contribution in [0.5, 0.6) is 5.75 Å². The molecular formula is C14H18ClNO. The van der Waals surface area contributed by atoms with Gasteiger partial charge in [-0.15, -0.1) is 0 Å². The van der Waals surface area contributed by atoms with E-state index in [1.165, 1.54) is 25.7 Å². The highest BCUT2D eigenvalue weighted by atomic mass is 35.5. The third kappa shape index (κ3) is 2.58. The van der Waals surface area contributed by atoms with Gasteiger partial charge in [0.05, 0.1) is 5.02 Å². The Balaban J connectivity index is 1.64. The summed E-state index contributed by atoms with van der Waals surface area (Å²) in [6, 6.07) is 6.21. The molecule has 0 amide bonds. The Morgan fingerprint density at radius 2 is 1.88 bits per heavy atom. The molecule has 3 rings (SSSR count). The van der Waals surface area contributed by atoms with Crippen LogP contribution in [0.25, 0.3) is 0 Å². The van der Waals surface area contributed by atoms with Gasteiger partial charge in [0, 0.05) is 18.2 Å². The van der Waals surface area contributed by atoms with Crippen molar-refractivity contribution in [1.82, 2.24) is 5.32 Å². The van der Waals surface area contributed by atoms with Crippen LogP contribution in [0.15, 0.2) is 18.2 Å². The lowest BCUT2D eigenvalue weighted by molar-refractivity contribution is 0.406. The fraction of sp³-hybridized carbons (Fsp3) is 0.571. The van der Waals surface area contributed by atoms with Gasteiger partial charge in [-0.05, 0) is 43.6 Å². The van der Waals surface area contributed by atoms with Gasteiger partial charge in [-0.3, -0.25) is 0 Å². The van der Waals surface area contributed by atoms with Crippen LogP contribution < -0.4 is 5.32 Å². The van der Waals surface area contributed by atoms with Crippen molar-refractivity contribution in [3.63, 3.8) is 0 Å². The maximum atomic E-state index is 9.85. The number of phenolic OH excluding ortho intramolecular Hbond substituents is 1. The SMILES string of the molecule is Oc1c(Cl)cccc1CNC(C1CC1)C1CC1. The Morgan fingerprint density at radius 1 is 1.24 bits per heavy atom. The average molecular weight is 252 g/mol. The number of para-hydroxylation sites is 1. The number of aromatic hydroxyl groups is 1. The first-order valence-corrected chi connectivity index (χ1v) is 6.83. The van der Waals surface area contributed by atoms with Crippen LogP contribution >= 0.6 is 11.6 Å². The van der Waals surface area contributed by atoms with E-state index in [9.17, 15) is 5.11 Å². The fourth-order valence-corrected chi connectivity index (χ4v) is 2.75. The van der Waals surface area contributed by atoms with Crippen LogP contribution in [-0.2, 0) is 6.54 Å². The normalized spacial score (nSPS) is 19.9. The summed E-state index contributed by atoms with van der Waals surface area (Å²) in [6.45, 7) is 0.726. The molecule has 3 heteroatoms. The molecule has 1 aromatic rings. The molecule has 2 nitrogen and oxygen atoms in total. The van der Waals surface area contributed by atoms with Gasteiger partial charge in [0.15, 0.2) is 0 Å². The summed E-state index contributed by atoms with van der Waals surface area (Å²) in [5.74, 6) is 1.99. The molecule has 0 atom stereocenters. The van der Waals surface area contributed by atoms with Gasteiger partial charge in [0.2, 0.25) is 0 Å². The van der Waals surface area contributed by atoms with E-state index in [0.29, 0.717) is 11.1 Å². The zero-order valence-corrected chi connectivity index (χ0v) is 10.6. The maximum absolute atomic E-state index is 9.85. The number of hydrogen-bond acceptors (Lipinski definition) is 2. The molecule has 0 heterocycles. The lowest BCUT2D eigenvalue weighted by Gasteiger charge is -2.18. The van der Waals surface area contributed by atoms with Crippen molar-refractivity contribution in [3.8, 4) is 5.75 Å². The van der Waals surface area contributed by atoms with E-state index < -0.39 is 0 Å². The molecule has 1 aromatic carbocycles. The van der Waals surface area contributed by atoms with E-state index >= 15 is 0 Å². The van der Waals surface area contributed by atoms with Crippen molar-refractivity contribution in [3.05, 3.63) is 28.8 Å². The van der Waals surface area contributed by atoms with Gasteiger partial charge < -0.3 is 10.4 Å². The van der Waals surface area contributed by atoms with Gasteiger partial charge in [-0.2, -0.15) is 0 Å². The standard InChI is InChI=1S/C14H18ClNO/c15-12-3-1-2-11(14(12)17)8-16-13(9-4-5-9)10-6-7-10/h1-3,9-10,13,16-17H,4-8H2. The van der Waals surface area contributed by atoms with Gasteiger partial charge in [0.1, 0.15) is 5.75 Å². The summed E-state index contributed by atoms with van der Waals surface area (Å²) >= 11 is 5.90. The van der Waals surface area contributed by atoms with Crippen LogP contribution in [0, 0.1) is 11.8 Å². The molecule has 0 aliphatic heterocycles. The summed E-state index contributed by atoms with van der Waals surface area (Å²) in [5.41, 5.74) is 0.906. The Bertz CT molecular complexity index is 401. The first kappa shape index (κ1) is 11.4. The quantitative estimate of drug-likeness (QED) is 0.842. The van der Waals surface area contributed by atoms with E-state index in [2.05, 4.69) is 5.32 Å². The first-order chi connectivity index (χ1) is 8.25. The minimum absolute atomic E-state index is 0.229. The highest BCUT2D eigenvalue weighted by molar-refractivity contribution is 6.32. The second kappa shape index (κ2) is 4.51. The van der Waals surface area contributed by atoms with Crippen LogP contribution in [0.2, 0.25) is 5.02 Å². The highest BCUT2D eigenvalue weighted by Gasteiger charge is 2.40. The van der Waals surface area contributed by atoms with E-state index in [4.69, 9.17) is 11.6 Å². The minimum Gasteiger partial charge on any atom is -0.506 e. The molecule has 2 aliphatic rings. The third-order valence-electron chi connectivity index (χ3n) is 3.86. The molecule has 2 fully saturated rings. The second-order valence-corrected chi connectivity index (χ2v) is 5.74. The van der Waals surface area contributed by atoms with Gasteiger partial charge >= 0.3 is 0 Å².